The molecule has 106 valence electrons. The normalized spacial score (nSPS) is 28.3. The first-order valence-corrected chi connectivity index (χ1v) is 7.93. The fourth-order valence-electron chi connectivity index (χ4n) is 4.31. The molecule has 0 bridgehead atoms. The van der Waals surface area contributed by atoms with Gasteiger partial charge >= 0.3 is 0 Å². The van der Waals surface area contributed by atoms with Crippen LogP contribution in [0, 0.1) is 11.3 Å². The molecule has 1 heterocycles. The second-order valence-electron chi connectivity index (χ2n) is 7.56. The van der Waals surface area contributed by atoms with Crippen LogP contribution in [0.2, 0.25) is 0 Å². The maximum atomic E-state index is 6.38. The van der Waals surface area contributed by atoms with Crippen molar-refractivity contribution in [2.75, 3.05) is 0 Å². The number of nitrogens with two attached hydrogens (primary N) is 1. The minimum Gasteiger partial charge on any atom is -0.348 e. The highest BCUT2D eigenvalue weighted by Gasteiger charge is 2.34. The number of rotatable bonds is 2. The van der Waals surface area contributed by atoms with Gasteiger partial charge in [-0.3, -0.25) is 0 Å². The van der Waals surface area contributed by atoms with Gasteiger partial charge in [0.05, 0.1) is 0 Å². The van der Waals surface area contributed by atoms with Crippen LogP contribution in [0.5, 0.6) is 0 Å². The quantitative estimate of drug-likeness (QED) is 0.848. The van der Waals surface area contributed by atoms with Gasteiger partial charge < -0.3 is 10.3 Å². The van der Waals surface area contributed by atoms with Crippen molar-refractivity contribution in [1.82, 2.24) is 4.57 Å². The minimum atomic E-state index is 0.232. The average molecular weight is 260 g/mol. The summed E-state index contributed by atoms with van der Waals surface area (Å²) >= 11 is 0. The van der Waals surface area contributed by atoms with Crippen LogP contribution < -0.4 is 5.73 Å². The van der Waals surface area contributed by atoms with Gasteiger partial charge in [-0.25, -0.2) is 0 Å². The summed E-state index contributed by atoms with van der Waals surface area (Å²) in [6.45, 7) is 7.12. The van der Waals surface area contributed by atoms with Crippen molar-refractivity contribution in [1.29, 1.82) is 0 Å². The van der Waals surface area contributed by atoms with E-state index in [1.54, 1.807) is 0 Å². The van der Waals surface area contributed by atoms with E-state index in [1.165, 1.54) is 43.4 Å². The van der Waals surface area contributed by atoms with E-state index in [-0.39, 0.29) is 6.04 Å². The Kier molecular flexibility index (Phi) is 3.24. The third-order valence-electron chi connectivity index (χ3n) is 5.40. The molecule has 2 N–H and O–H groups in total. The number of aromatic nitrogens is 1. The van der Waals surface area contributed by atoms with E-state index in [0.29, 0.717) is 11.5 Å². The number of hydrogen-bond donors (Lipinski definition) is 1. The summed E-state index contributed by atoms with van der Waals surface area (Å²) < 4.78 is 2.55. The predicted molar refractivity (Wildman–Crippen MR) is 80.1 cm³/mol. The second kappa shape index (κ2) is 4.66. The molecule has 2 heteroatoms. The molecule has 0 radical (unpaired) electrons. The van der Waals surface area contributed by atoms with Crippen molar-refractivity contribution >= 4 is 0 Å². The van der Waals surface area contributed by atoms with Crippen LogP contribution in [0.1, 0.15) is 76.2 Å². The lowest BCUT2D eigenvalue weighted by Crippen LogP contribution is -2.31. The molecule has 1 saturated carbocycles. The summed E-state index contributed by atoms with van der Waals surface area (Å²) in [5.74, 6) is 0.873. The molecule has 0 amide bonds. The van der Waals surface area contributed by atoms with Gasteiger partial charge in [-0.1, -0.05) is 26.7 Å². The largest absolute Gasteiger partial charge is 0.348 e. The lowest BCUT2D eigenvalue weighted by atomic mass is 9.74. The molecule has 1 aromatic rings. The van der Waals surface area contributed by atoms with Crippen molar-refractivity contribution in [2.24, 2.45) is 17.1 Å². The first-order valence-electron chi connectivity index (χ1n) is 7.93. The summed E-state index contributed by atoms with van der Waals surface area (Å²) in [5, 5.41) is 0. The third-order valence-corrected chi connectivity index (χ3v) is 5.40. The highest BCUT2D eigenvalue weighted by atomic mass is 15.0. The Bertz CT molecular complexity index is 452. The van der Waals surface area contributed by atoms with Gasteiger partial charge in [-0.2, -0.15) is 0 Å². The van der Waals surface area contributed by atoms with Gasteiger partial charge in [-0.05, 0) is 55.6 Å². The molecule has 2 nitrogen and oxygen atoms in total. The molecule has 0 saturated heterocycles. The van der Waals surface area contributed by atoms with E-state index in [4.69, 9.17) is 5.73 Å². The van der Waals surface area contributed by atoms with Gasteiger partial charge in [0.2, 0.25) is 0 Å². The van der Waals surface area contributed by atoms with Gasteiger partial charge in [-0.15, -0.1) is 0 Å². The van der Waals surface area contributed by atoms with E-state index < -0.39 is 0 Å². The van der Waals surface area contributed by atoms with Crippen molar-refractivity contribution < 1.29 is 0 Å². The summed E-state index contributed by atoms with van der Waals surface area (Å²) in [5.41, 5.74) is 9.64. The number of fused-ring (bicyclic) bond motifs is 1. The lowest BCUT2D eigenvalue weighted by molar-refractivity contribution is 0.263. The Hall–Kier alpha value is -0.760. The molecule has 2 atom stereocenters. The van der Waals surface area contributed by atoms with Crippen LogP contribution in [0.25, 0.3) is 0 Å². The molecule has 2 aliphatic rings. The maximum absolute atomic E-state index is 6.38. The van der Waals surface area contributed by atoms with Crippen molar-refractivity contribution in [3.63, 3.8) is 0 Å². The minimum absolute atomic E-state index is 0.232. The van der Waals surface area contributed by atoms with Gasteiger partial charge in [0.1, 0.15) is 0 Å². The fourth-order valence-corrected chi connectivity index (χ4v) is 4.31. The van der Waals surface area contributed by atoms with Crippen LogP contribution in [0.4, 0.5) is 0 Å². The van der Waals surface area contributed by atoms with Crippen LogP contribution in [-0.2, 0) is 6.42 Å². The molecular formula is C17H28N2. The second-order valence-corrected chi connectivity index (χ2v) is 7.56. The molecule has 1 aromatic heterocycles. The molecule has 2 aliphatic carbocycles. The van der Waals surface area contributed by atoms with Gasteiger partial charge in [0.15, 0.2) is 0 Å². The van der Waals surface area contributed by atoms with Crippen molar-refractivity contribution in [3.05, 3.63) is 23.5 Å². The standard InChI is InChI=1S/C17H28N2/c1-12(13-6-4-5-7-13)19-9-8-14-15(18)10-17(2,3)11-16(14)19/h8-9,12-13,15H,4-7,10-11,18H2,1-3H3. The van der Waals surface area contributed by atoms with Gasteiger partial charge in [0.25, 0.3) is 0 Å². The van der Waals surface area contributed by atoms with Crippen LogP contribution >= 0.6 is 0 Å². The topological polar surface area (TPSA) is 30.9 Å². The van der Waals surface area contributed by atoms with E-state index in [2.05, 4.69) is 37.6 Å². The van der Waals surface area contributed by atoms with Crippen molar-refractivity contribution in [3.8, 4) is 0 Å². The first-order chi connectivity index (χ1) is 8.98. The Labute approximate surface area is 117 Å². The number of nitrogens with zero attached hydrogens (tertiary/aromatic N) is 1. The van der Waals surface area contributed by atoms with Crippen molar-refractivity contribution in [2.45, 2.75) is 71.4 Å². The third kappa shape index (κ3) is 2.35. The lowest BCUT2D eigenvalue weighted by Gasteiger charge is -2.36. The molecular weight excluding hydrogens is 232 g/mol. The van der Waals surface area contributed by atoms with E-state index >= 15 is 0 Å². The van der Waals surface area contributed by atoms with Crippen LogP contribution in [-0.4, -0.2) is 4.57 Å². The molecule has 19 heavy (non-hydrogen) atoms. The smallest absolute Gasteiger partial charge is 0.0333 e. The molecule has 0 spiro atoms. The van der Waals surface area contributed by atoms with Gasteiger partial charge in [0, 0.05) is 24.0 Å². The monoisotopic (exact) mass is 260 g/mol. The van der Waals surface area contributed by atoms with E-state index in [9.17, 15) is 0 Å². The zero-order valence-corrected chi connectivity index (χ0v) is 12.7. The zero-order valence-electron chi connectivity index (χ0n) is 12.7. The first kappa shape index (κ1) is 13.2. The summed E-state index contributed by atoms with van der Waals surface area (Å²) in [7, 11) is 0. The molecule has 2 unspecified atom stereocenters. The highest BCUT2D eigenvalue weighted by molar-refractivity contribution is 5.30. The number of hydrogen-bond acceptors (Lipinski definition) is 1. The Balaban J connectivity index is 1.92. The Morgan fingerprint density at radius 1 is 1.32 bits per heavy atom. The van der Waals surface area contributed by atoms with Crippen LogP contribution in [0.15, 0.2) is 12.3 Å². The SMILES string of the molecule is CC(C1CCCC1)n1ccc2c1CC(C)(C)CC2N. The summed E-state index contributed by atoms with van der Waals surface area (Å²) in [6.07, 6.45) is 10.2. The Morgan fingerprint density at radius 2 is 2.00 bits per heavy atom. The summed E-state index contributed by atoms with van der Waals surface area (Å²) in [6, 6.07) is 3.16. The molecule has 1 fully saturated rings. The Morgan fingerprint density at radius 3 is 2.68 bits per heavy atom. The average Bonchev–Trinajstić information content (AvgIpc) is 2.94. The summed E-state index contributed by atoms with van der Waals surface area (Å²) in [4.78, 5) is 0. The molecule has 0 aromatic carbocycles. The maximum Gasteiger partial charge on any atom is 0.0333 e. The molecule has 3 rings (SSSR count). The highest BCUT2D eigenvalue weighted by Crippen LogP contribution is 2.43. The zero-order chi connectivity index (χ0) is 13.6. The van der Waals surface area contributed by atoms with E-state index in [0.717, 1.165) is 12.3 Å². The fraction of sp³-hybridized carbons (Fsp3) is 0.765. The predicted octanol–water partition coefficient (Wildman–Crippen LogP) is 4.21. The van der Waals surface area contributed by atoms with Crippen LogP contribution in [0.3, 0.4) is 0 Å². The molecule has 0 aliphatic heterocycles. The van der Waals surface area contributed by atoms with E-state index in [1.807, 2.05) is 0 Å².